The van der Waals surface area contributed by atoms with Crippen molar-refractivity contribution in [1.82, 2.24) is 4.98 Å². The van der Waals surface area contributed by atoms with Crippen molar-refractivity contribution in [2.45, 2.75) is 20.2 Å². The van der Waals surface area contributed by atoms with Crippen LogP contribution >= 0.6 is 0 Å². The second kappa shape index (κ2) is 6.13. The number of fused-ring (bicyclic) bond motifs is 1. The Labute approximate surface area is 119 Å². The van der Waals surface area contributed by atoms with Crippen LogP contribution in [0, 0.1) is 0 Å². The fourth-order valence-electron chi connectivity index (χ4n) is 2.30. The smallest absolute Gasteiger partial charge is 0.410 e. The molecular formula is C13H20BN3O3. The van der Waals surface area contributed by atoms with E-state index in [1.54, 1.807) is 13.7 Å². The minimum Gasteiger partial charge on any atom is -0.466 e. The molecule has 0 fully saturated rings. The van der Waals surface area contributed by atoms with Crippen molar-refractivity contribution in [3.63, 3.8) is 0 Å². The highest BCUT2D eigenvalue weighted by atomic mass is 16.5. The van der Waals surface area contributed by atoms with Crippen LogP contribution in [0.5, 0.6) is 0 Å². The van der Waals surface area contributed by atoms with Gasteiger partial charge in [-0.15, -0.1) is 0 Å². The van der Waals surface area contributed by atoms with Crippen LogP contribution < -0.4 is 9.71 Å². The van der Waals surface area contributed by atoms with Crippen LogP contribution in [0.2, 0.25) is 6.82 Å². The quantitative estimate of drug-likeness (QED) is 0.640. The summed E-state index contributed by atoms with van der Waals surface area (Å²) in [5.74, 6) is 0.434. The number of aromatic nitrogens is 1. The normalized spacial score (nSPS) is 14.0. The third-order valence-corrected chi connectivity index (χ3v) is 3.35. The maximum Gasteiger partial charge on any atom is 0.410 e. The van der Waals surface area contributed by atoms with Gasteiger partial charge in [0.15, 0.2) is 0 Å². The number of rotatable bonds is 4. The fraction of sp³-hybridized carbons (Fsp3) is 0.538. The molecule has 0 aliphatic carbocycles. The number of hydrogen-bond donors (Lipinski definition) is 1. The highest BCUT2D eigenvalue weighted by Crippen LogP contribution is 2.30. The molecule has 20 heavy (non-hydrogen) atoms. The molecule has 0 spiro atoms. The molecule has 0 aromatic carbocycles. The Hall–Kier alpha value is -1.76. The fourth-order valence-corrected chi connectivity index (χ4v) is 2.30. The molecule has 108 valence electrons. The van der Waals surface area contributed by atoms with Gasteiger partial charge >= 0.3 is 13.0 Å². The number of hydrogen-bond acceptors (Lipinski definition) is 6. The molecule has 2 rings (SSSR count). The van der Waals surface area contributed by atoms with E-state index < -0.39 is 7.05 Å². The van der Waals surface area contributed by atoms with E-state index in [0.717, 1.165) is 18.1 Å². The van der Waals surface area contributed by atoms with Crippen molar-refractivity contribution in [3.05, 3.63) is 17.8 Å². The van der Waals surface area contributed by atoms with Gasteiger partial charge < -0.3 is 19.5 Å². The third kappa shape index (κ3) is 3.04. The van der Waals surface area contributed by atoms with Gasteiger partial charge in [-0.25, -0.2) is 4.98 Å². The lowest BCUT2D eigenvalue weighted by molar-refractivity contribution is -0.142. The predicted molar refractivity (Wildman–Crippen MR) is 79.0 cm³/mol. The molecule has 1 aliphatic heterocycles. The van der Waals surface area contributed by atoms with E-state index in [0.29, 0.717) is 18.8 Å². The number of esters is 1. The Morgan fingerprint density at radius 2 is 2.25 bits per heavy atom. The van der Waals surface area contributed by atoms with Crippen LogP contribution in [0.3, 0.4) is 0 Å². The minimum atomic E-state index is -0.604. The van der Waals surface area contributed by atoms with E-state index in [9.17, 15) is 9.82 Å². The van der Waals surface area contributed by atoms with Crippen molar-refractivity contribution < 1.29 is 14.6 Å². The summed E-state index contributed by atoms with van der Waals surface area (Å²) in [6.07, 6.45) is 0.151. The zero-order valence-electron chi connectivity index (χ0n) is 12.2. The zero-order valence-corrected chi connectivity index (χ0v) is 12.2. The molecule has 1 aromatic rings. The van der Waals surface area contributed by atoms with E-state index in [2.05, 4.69) is 9.88 Å². The van der Waals surface area contributed by atoms with Crippen LogP contribution in [0.1, 0.15) is 12.6 Å². The van der Waals surface area contributed by atoms with Crippen LogP contribution in [0.25, 0.3) is 0 Å². The molecule has 0 amide bonds. The zero-order chi connectivity index (χ0) is 14.7. The van der Waals surface area contributed by atoms with E-state index in [4.69, 9.17) is 4.74 Å². The first-order valence-corrected chi connectivity index (χ1v) is 6.84. The average molecular weight is 277 g/mol. The van der Waals surface area contributed by atoms with Crippen LogP contribution in [0.4, 0.5) is 11.5 Å². The first-order valence-electron chi connectivity index (χ1n) is 6.84. The monoisotopic (exact) mass is 277 g/mol. The summed E-state index contributed by atoms with van der Waals surface area (Å²) in [6, 6.07) is 3.77. The summed E-state index contributed by atoms with van der Waals surface area (Å²) in [7, 11) is 1.39. The molecule has 0 atom stereocenters. The maximum absolute atomic E-state index is 11.5. The van der Waals surface area contributed by atoms with Gasteiger partial charge in [0.25, 0.3) is 0 Å². The standard InChI is InChI=1S/C13H20BN3O3/c1-4-20-12(18)9-10-5-6-11-13(15-10)17(14(2)19)8-7-16(11)3/h5-6,19H,4,7-9H2,1-3H3. The number of ether oxygens (including phenoxy) is 1. The minimum absolute atomic E-state index is 0.151. The van der Waals surface area contributed by atoms with E-state index in [1.165, 1.54) is 0 Å². The number of carbonyl (C=O) groups excluding carboxylic acids is 1. The van der Waals surface area contributed by atoms with Gasteiger partial charge in [-0.2, -0.15) is 0 Å². The number of pyridine rings is 1. The van der Waals surface area contributed by atoms with Gasteiger partial charge in [0.05, 0.1) is 24.4 Å². The third-order valence-electron chi connectivity index (χ3n) is 3.35. The van der Waals surface area contributed by atoms with Gasteiger partial charge in [0, 0.05) is 20.1 Å². The maximum atomic E-state index is 11.5. The molecule has 0 saturated heterocycles. The van der Waals surface area contributed by atoms with Gasteiger partial charge in [0.2, 0.25) is 0 Å². The summed E-state index contributed by atoms with van der Waals surface area (Å²) in [4.78, 5) is 20.0. The van der Waals surface area contributed by atoms with Crippen molar-refractivity contribution in [3.8, 4) is 0 Å². The molecular weight excluding hydrogens is 257 g/mol. The van der Waals surface area contributed by atoms with E-state index in [-0.39, 0.29) is 12.4 Å². The number of carbonyl (C=O) groups is 1. The summed E-state index contributed by atoms with van der Waals surface area (Å²) >= 11 is 0. The predicted octanol–water partition coefficient (Wildman–Crippen LogP) is 0.554. The van der Waals surface area contributed by atoms with Gasteiger partial charge in [-0.3, -0.25) is 4.79 Å². The summed E-state index contributed by atoms with van der Waals surface area (Å²) < 4.78 is 4.93. The first kappa shape index (κ1) is 14.6. The molecule has 0 bridgehead atoms. The Morgan fingerprint density at radius 1 is 1.50 bits per heavy atom. The molecule has 7 heteroatoms. The number of anilines is 2. The molecule has 2 heterocycles. The Balaban J connectivity index is 2.27. The topological polar surface area (TPSA) is 65.9 Å². The summed E-state index contributed by atoms with van der Waals surface area (Å²) in [6.45, 7) is 5.40. The van der Waals surface area contributed by atoms with Crippen LogP contribution in [-0.4, -0.2) is 49.8 Å². The Bertz CT molecular complexity index is 496. The van der Waals surface area contributed by atoms with Crippen molar-refractivity contribution in [1.29, 1.82) is 0 Å². The number of nitrogens with zero attached hydrogens (tertiary/aromatic N) is 3. The molecule has 0 saturated carbocycles. The van der Waals surface area contributed by atoms with Crippen molar-refractivity contribution in [2.24, 2.45) is 0 Å². The second-order valence-corrected chi connectivity index (χ2v) is 4.87. The molecule has 1 aliphatic rings. The second-order valence-electron chi connectivity index (χ2n) is 4.87. The number of likely N-dealkylation sites (N-methyl/N-ethyl adjacent to an activating group) is 1. The highest BCUT2D eigenvalue weighted by Gasteiger charge is 2.27. The van der Waals surface area contributed by atoms with Crippen LogP contribution in [-0.2, 0) is 16.0 Å². The summed E-state index contributed by atoms with van der Waals surface area (Å²) in [5, 5.41) is 9.84. The summed E-state index contributed by atoms with van der Waals surface area (Å²) in [5.41, 5.74) is 1.62. The lowest BCUT2D eigenvalue weighted by Crippen LogP contribution is -2.47. The van der Waals surface area contributed by atoms with Gasteiger partial charge in [-0.05, 0) is 25.9 Å². The lowest BCUT2D eigenvalue weighted by Gasteiger charge is -2.36. The first-order chi connectivity index (χ1) is 9.52. The Morgan fingerprint density at radius 3 is 2.90 bits per heavy atom. The largest absolute Gasteiger partial charge is 0.466 e. The average Bonchev–Trinajstić information content (AvgIpc) is 2.38. The Kier molecular flexibility index (Phi) is 4.49. The van der Waals surface area contributed by atoms with Crippen LogP contribution in [0.15, 0.2) is 12.1 Å². The van der Waals surface area contributed by atoms with E-state index in [1.807, 2.05) is 24.0 Å². The van der Waals surface area contributed by atoms with Crippen molar-refractivity contribution in [2.75, 3.05) is 36.5 Å². The SMILES string of the molecule is CCOC(=O)Cc1ccc2c(n1)N(B(C)O)CCN2C. The molecule has 0 unspecified atom stereocenters. The molecule has 6 nitrogen and oxygen atoms in total. The molecule has 1 N–H and O–H groups in total. The van der Waals surface area contributed by atoms with Gasteiger partial charge in [0.1, 0.15) is 5.82 Å². The highest BCUT2D eigenvalue weighted by molar-refractivity contribution is 6.54. The molecule has 0 radical (unpaired) electrons. The van der Waals surface area contributed by atoms with Crippen molar-refractivity contribution >= 4 is 24.5 Å². The van der Waals surface area contributed by atoms with Gasteiger partial charge in [-0.1, -0.05) is 0 Å². The molecule has 1 aromatic heterocycles. The van der Waals surface area contributed by atoms with E-state index >= 15 is 0 Å². The lowest BCUT2D eigenvalue weighted by atomic mass is 9.84.